The Morgan fingerprint density at radius 3 is 2.03 bits per heavy atom. The predicted octanol–water partition coefficient (Wildman–Crippen LogP) is 4.18. The van der Waals surface area contributed by atoms with Crippen molar-refractivity contribution in [2.45, 2.75) is 91.1 Å². The molecule has 1 amide bonds. The van der Waals surface area contributed by atoms with Crippen molar-refractivity contribution in [1.82, 2.24) is 10.6 Å². The zero-order valence-electron chi connectivity index (χ0n) is 20.5. The first-order chi connectivity index (χ1) is 15.2. The largest absolute Gasteiger partial charge is 0.445 e. The van der Waals surface area contributed by atoms with Gasteiger partial charge in [0, 0.05) is 13.1 Å². The lowest BCUT2D eigenvalue weighted by atomic mass is 9.84. The fourth-order valence-corrected chi connectivity index (χ4v) is 3.95. The molecule has 0 spiro atoms. The summed E-state index contributed by atoms with van der Waals surface area (Å²) in [6.45, 7) is 11.8. The molecule has 0 aromatic heterocycles. The molecule has 1 atom stereocenters. The molecule has 0 bridgehead atoms. The lowest BCUT2D eigenvalue weighted by Gasteiger charge is -2.37. The second-order valence-electron chi connectivity index (χ2n) is 8.09. The van der Waals surface area contributed by atoms with Gasteiger partial charge in [-0.1, -0.05) is 58.0 Å². The fraction of sp³-hybridized carbons (Fsp3) is 0.640. The van der Waals surface area contributed by atoms with Crippen LogP contribution in [0.15, 0.2) is 30.3 Å². The van der Waals surface area contributed by atoms with Gasteiger partial charge in [0.05, 0.1) is 5.54 Å². The second-order valence-corrected chi connectivity index (χ2v) is 8.09. The Kier molecular flexibility index (Phi) is 11.6. The minimum atomic E-state index is -0.938. The van der Waals surface area contributed by atoms with E-state index in [2.05, 4.69) is 10.6 Å². The van der Waals surface area contributed by atoms with E-state index in [4.69, 9.17) is 9.47 Å². The van der Waals surface area contributed by atoms with Crippen LogP contribution in [0.3, 0.4) is 0 Å². The average Bonchev–Trinajstić information content (AvgIpc) is 2.81. The van der Waals surface area contributed by atoms with E-state index >= 15 is 0 Å². The van der Waals surface area contributed by atoms with Gasteiger partial charge in [-0.25, -0.2) is 4.79 Å². The summed E-state index contributed by atoms with van der Waals surface area (Å²) in [5, 5.41) is 6.01. The summed E-state index contributed by atoms with van der Waals surface area (Å²) in [4.78, 5) is 37.5. The number of ether oxygens (including phenoxy) is 2. The number of hydrogen-bond acceptors (Lipinski definition) is 6. The van der Waals surface area contributed by atoms with Crippen molar-refractivity contribution >= 4 is 17.7 Å². The van der Waals surface area contributed by atoms with Gasteiger partial charge < -0.3 is 20.1 Å². The minimum absolute atomic E-state index is 0.0630. The molecule has 0 heterocycles. The molecule has 0 unspecified atom stereocenters. The summed E-state index contributed by atoms with van der Waals surface area (Å²) in [6, 6.07) is 9.45. The Morgan fingerprint density at radius 2 is 1.53 bits per heavy atom. The van der Waals surface area contributed by atoms with Crippen LogP contribution in [0.5, 0.6) is 0 Å². The normalized spacial score (nSPS) is 12.8. The number of rotatable bonds is 15. The van der Waals surface area contributed by atoms with Crippen LogP contribution in [0.1, 0.15) is 72.8 Å². The molecule has 0 aliphatic carbocycles. The molecule has 2 N–H and O–H groups in total. The molecule has 0 fully saturated rings. The van der Waals surface area contributed by atoms with Gasteiger partial charge in [-0.3, -0.25) is 9.59 Å². The smallest absolute Gasteiger partial charge is 0.407 e. The van der Waals surface area contributed by atoms with E-state index in [0.717, 1.165) is 5.56 Å². The quantitative estimate of drug-likeness (QED) is 0.391. The van der Waals surface area contributed by atoms with Crippen molar-refractivity contribution in [1.29, 1.82) is 0 Å². The summed E-state index contributed by atoms with van der Waals surface area (Å²) in [6.07, 6.45) is 0.942. The van der Waals surface area contributed by atoms with Gasteiger partial charge in [-0.2, -0.15) is 0 Å². The van der Waals surface area contributed by atoms with Gasteiger partial charge in [0.25, 0.3) is 0 Å². The van der Waals surface area contributed by atoms with E-state index in [1.54, 1.807) is 6.92 Å². The standard InChI is InChI=1S/C25H40N2O5/c1-7-24(8-2,22(29)19(5)32-25(9-3,10-4)20(6)28)27-17-16-26-23(30)31-18-21-14-12-11-13-15-21/h11-15,19,27H,7-10,16-18H2,1-6H3,(H,26,30)/t19-/m0/s1. The highest BCUT2D eigenvalue weighted by molar-refractivity contribution is 5.93. The third-order valence-corrected chi connectivity index (χ3v) is 6.30. The molecule has 0 radical (unpaired) electrons. The number of benzene rings is 1. The first-order valence-corrected chi connectivity index (χ1v) is 11.6. The van der Waals surface area contributed by atoms with Gasteiger partial charge in [0.2, 0.25) is 0 Å². The summed E-state index contributed by atoms with van der Waals surface area (Å²) >= 11 is 0. The van der Waals surface area contributed by atoms with Gasteiger partial charge >= 0.3 is 6.09 Å². The first kappa shape index (κ1) is 27.8. The fourth-order valence-electron chi connectivity index (χ4n) is 3.95. The molecule has 1 aromatic rings. The molecule has 0 aliphatic heterocycles. The Balaban J connectivity index is 2.63. The molecule has 32 heavy (non-hydrogen) atoms. The van der Waals surface area contributed by atoms with E-state index in [-0.39, 0.29) is 18.2 Å². The summed E-state index contributed by atoms with van der Waals surface area (Å²) in [5.41, 5.74) is -0.817. The van der Waals surface area contributed by atoms with E-state index in [9.17, 15) is 14.4 Å². The zero-order valence-corrected chi connectivity index (χ0v) is 20.5. The van der Waals surface area contributed by atoms with Crippen LogP contribution in [-0.4, -0.2) is 48.0 Å². The number of ketones is 2. The highest BCUT2D eigenvalue weighted by Crippen LogP contribution is 2.27. The maximum Gasteiger partial charge on any atom is 0.407 e. The van der Waals surface area contributed by atoms with Crippen molar-refractivity contribution < 1.29 is 23.9 Å². The van der Waals surface area contributed by atoms with Crippen LogP contribution >= 0.6 is 0 Å². The van der Waals surface area contributed by atoms with Crippen molar-refractivity contribution in [3.05, 3.63) is 35.9 Å². The van der Waals surface area contributed by atoms with Crippen LogP contribution in [0, 0.1) is 0 Å². The van der Waals surface area contributed by atoms with Gasteiger partial charge in [-0.15, -0.1) is 0 Å². The summed E-state index contributed by atoms with van der Waals surface area (Å²) < 4.78 is 11.3. The van der Waals surface area contributed by atoms with Crippen LogP contribution in [0.2, 0.25) is 0 Å². The Morgan fingerprint density at radius 1 is 0.938 bits per heavy atom. The third kappa shape index (κ3) is 7.41. The number of Topliss-reactive ketones (excluding diaryl/α,β-unsaturated/α-hetero) is 2. The number of carbonyl (C=O) groups is 3. The van der Waals surface area contributed by atoms with Crippen LogP contribution in [0.4, 0.5) is 4.79 Å². The van der Waals surface area contributed by atoms with Gasteiger partial charge in [0.1, 0.15) is 18.3 Å². The number of amides is 1. The highest BCUT2D eigenvalue weighted by atomic mass is 16.5. The molecule has 180 valence electrons. The van der Waals surface area contributed by atoms with Crippen LogP contribution in [-0.2, 0) is 25.7 Å². The zero-order chi connectivity index (χ0) is 24.2. The topological polar surface area (TPSA) is 93.7 Å². The minimum Gasteiger partial charge on any atom is -0.445 e. The van der Waals surface area contributed by atoms with E-state index in [0.29, 0.717) is 38.8 Å². The number of carbonyl (C=O) groups excluding carboxylic acids is 3. The average molecular weight is 449 g/mol. The molecule has 1 rings (SSSR count). The highest BCUT2D eigenvalue weighted by Gasteiger charge is 2.42. The van der Waals surface area contributed by atoms with Crippen molar-refractivity contribution in [3.63, 3.8) is 0 Å². The Hall–Kier alpha value is -2.25. The Labute approximate surface area is 192 Å². The third-order valence-electron chi connectivity index (χ3n) is 6.30. The SMILES string of the molecule is CCC(CC)(NCCNC(=O)OCc1ccccc1)C(=O)[C@H](C)OC(CC)(CC)C(C)=O. The predicted molar refractivity (Wildman–Crippen MR) is 125 cm³/mol. The first-order valence-electron chi connectivity index (χ1n) is 11.6. The molecule has 0 aliphatic rings. The molecule has 1 aromatic carbocycles. The number of nitrogens with one attached hydrogen (secondary N) is 2. The molecular formula is C25H40N2O5. The maximum absolute atomic E-state index is 13.3. The molecular weight excluding hydrogens is 408 g/mol. The molecule has 7 nitrogen and oxygen atoms in total. The van der Waals surface area contributed by atoms with E-state index < -0.39 is 23.3 Å². The molecule has 0 saturated carbocycles. The lowest BCUT2D eigenvalue weighted by Crippen LogP contribution is -2.58. The van der Waals surface area contributed by atoms with Crippen molar-refractivity contribution in [2.24, 2.45) is 0 Å². The van der Waals surface area contributed by atoms with Crippen LogP contribution in [0.25, 0.3) is 0 Å². The second kappa shape index (κ2) is 13.3. The van der Waals surface area contributed by atoms with Crippen LogP contribution < -0.4 is 10.6 Å². The van der Waals surface area contributed by atoms with E-state index in [1.807, 2.05) is 58.0 Å². The summed E-state index contributed by atoms with van der Waals surface area (Å²) in [5.74, 6) is -0.145. The molecule has 7 heteroatoms. The van der Waals surface area contributed by atoms with Crippen molar-refractivity contribution in [3.8, 4) is 0 Å². The monoisotopic (exact) mass is 448 g/mol. The lowest BCUT2D eigenvalue weighted by molar-refractivity contribution is -0.162. The van der Waals surface area contributed by atoms with Gasteiger partial charge in [-0.05, 0) is 45.1 Å². The summed E-state index contributed by atoms with van der Waals surface area (Å²) in [7, 11) is 0. The maximum atomic E-state index is 13.3. The number of alkyl carbamates (subject to hydrolysis) is 1. The Bertz CT molecular complexity index is 727. The van der Waals surface area contributed by atoms with Crippen molar-refractivity contribution in [2.75, 3.05) is 13.1 Å². The molecule has 0 saturated heterocycles. The van der Waals surface area contributed by atoms with E-state index in [1.165, 1.54) is 6.92 Å². The van der Waals surface area contributed by atoms with Gasteiger partial charge in [0.15, 0.2) is 11.6 Å². The number of hydrogen-bond donors (Lipinski definition) is 2.